The van der Waals surface area contributed by atoms with E-state index in [-0.39, 0.29) is 53.8 Å². The first-order valence-corrected chi connectivity index (χ1v) is 23.3. The van der Waals surface area contributed by atoms with Gasteiger partial charge >= 0.3 is 5.97 Å². The number of hydrogen-bond donors (Lipinski definition) is 4. The molecule has 1 unspecified atom stereocenters. The third-order valence-electron chi connectivity index (χ3n) is 15.6. The lowest BCUT2D eigenvalue weighted by atomic mass is 9.72. The van der Waals surface area contributed by atoms with Crippen LogP contribution in [0.1, 0.15) is 140 Å². The van der Waals surface area contributed by atoms with Crippen LogP contribution >= 0.6 is 0 Å². The summed E-state index contributed by atoms with van der Waals surface area (Å²) < 4.78 is 34.9. The molecule has 5 heterocycles. The maximum absolute atomic E-state index is 14.7. The van der Waals surface area contributed by atoms with E-state index in [0.29, 0.717) is 51.4 Å². The fourth-order valence-corrected chi connectivity index (χ4v) is 11.4. The number of aliphatic hydroxyl groups is 2. The molecule has 4 fully saturated rings. The van der Waals surface area contributed by atoms with E-state index >= 15 is 0 Å². The van der Waals surface area contributed by atoms with Gasteiger partial charge in [-0.25, -0.2) is 0 Å². The summed E-state index contributed by atoms with van der Waals surface area (Å²) in [4.78, 5) is 28.8. The number of nitrogens with one attached hydrogen (secondary N) is 1. The van der Waals surface area contributed by atoms with Crippen LogP contribution in [-0.2, 0) is 33.3 Å². The van der Waals surface area contributed by atoms with E-state index in [0.717, 1.165) is 32.4 Å². The van der Waals surface area contributed by atoms with E-state index < -0.39 is 64.8 Å². The van der Waals surface area contributed by atoms with E-state index in [2.05, 4.69) is 64.2 Å². The van der Waals surface area contributed by atoms with Gasteiger partial charge in [0.25, 0.3) is 0 Å². The molecule has 0 aliphatic carbocycles. The molecule has 0 aromatic rings. The molecular weight excluding hydrogens is 753 g/mol. The number of aliphatic carboxylic acids is 1. The Kier molecular flexibility index (Phi) is 16.0. The summed E-state index contributed by atoms with van der Waals surface area (Å²) in [5.41, 5.74) is -1.51. The minimum absolute atomic E-state index is 0.0381. The highest BCUT2D eigenvalue weighted by molar-refractivity contribution is 5.84. The van der Waals surface area contributed by atoms with E-state index in [1.54, 1.807) is 0 Å². The van der Waals surface area contributed by atoms with Gasteiger partial charge in [-0.05, 0) is 123 Å². The van der Waals surface area contributed by atoms with Crippen molar-refractivity contribution in [2.75, 3.05) is 27.2 Å². The van der Waals surface area contributed by atoms with Crippen LogP contribution < -0.4 is 5.32 Å². The van der Waals surface area contributed by atoms with Crippen molar-refractivity contribution >= 4 is 11.8 Å². The molecule has 5 aliphatic heterocycles. The minimum atomic E-state index is -1.14. The molecule has 0 radical (unpaired) electrons. The number of ketones is 1. The van der Waals surface area contributed by atoms with Gasteiger partial charge in [-0.3, -0.25) is 9.59 Å². The average Bonchev–Trinajstić information content (AvgIpc) is 3.53. The number of aliphatic hydroxyl groups excluding tert-OH is 1. The van der Waals surface area contributed by atoms with Gasteiger partial charge in [0.1, 0.15) is 5.78 Å². The molecule has 12 nitrogen and oxygen atoms in total. The number of carbonyl (C=O) groups excluding carboxylic acids is 1. The zero-order valence-electron chi connectivity index (χ0n) is 38.6. The minimum Gasteiger partial charge on any atom is -0.481 e. The third-order valence-corrected chi connectivity index (χ3v) is 15.6. The summed E-state index contributed by atoms with van der Waals surface area (Å²) in [6, 6.07) is -0.244. The average molecular weight is 835 g/mol. The topological polar surface area (TPSA) is 156 Å². The highest BCUT2D eigenvalue weighted by Crippen LogP contribution is 2.54. The lowest BCUT2D eigenvalue weighted by molar-refractivity contribution is -0.398. The first kappa shape index (κ1) is 48.6. The Bertz CT molecular complexity index is 1450. The number of ether oxygens (including phenoxy) is 5. The number of Topliss-reactive ketones (excluding diaryl/α,β-unsaturated/α-hetero) is 1. The van der Waals surface area contributed by atoms with Crippen LogP contribution in [0, 0.1) is 41.4 Å². The van der Waals surface area contributed by atoms with E-state index in [1.807, 2.05) is 41.5 Å². The van der Waals surface area contributed by atoms with E-state index in [9.17, 15) is 24.9 Å². The summed E-state index contributed by atoms with van der Waals surface area (Å²) in [7, 11) is 4.15. The van der Waals surface area contributed by atoms with Gasteiger partial charge in [-0.15, -0.1) is 0 Å². The number of carboxylic acid groups (broad SMARTS) is 1. The number of carboxylic acids is 1. The highest BCUT2D eigenvalue weighted by Gasteiger charge is 2.63. The predicted octanol–water partition coefficient (Wildman–Crippen LogP) is 6.74. The first-order valence-electron chi connectivity index (χ1n) is 23.3. The molecule has 2 spiro atoms. The van der Waals surface area contributed by atoms with Crippen LogP contribution in [0.4, 0.5) is 0 Å². The first-order chi connectivity index (χ1) is 27.7. The molecule has 18 atom stereocenters. The SMILES string of the molecule is CC[C@@H](C(=O)[C@@H](C)[C@@H](O)[C@H](C)[C@@H]1O[C@@H]([C@@H](CC)C(=O)O)CC[C@@H]1C)[C@H]1OC2(C=C[C@@H](NCCCN(C)C)[C@]3(CC[C@@](C)([C@H]4CC[C@](O)(CC)[C@H](C)O4)O3)O2)[C@H](C)C[C@@H]1C. The van der Waals surface area contributed by atoms with Gasteiger partial charge in [0.2, 0.25) is 0 Å². The molecule has 5 rings (SSSR count). The van der Waals surface area contributed by atoms with Crippen molar-refractivity contribution in [3.05, 3.63) is 12.2 Å². The van der Waals surface area contributed by atoms with Crippen molar-refractivity contribution in [1.82, 2.24) is 10.2 Å². The van der Waals surface area contributed by atoms with Gasteiger partial charge in [0, 0.05) is 30.1 Å². The van der Waals surface area contributed by atoms with Crippen LogP contribution in [0.25, 0.3) is 0 Å². The van der Waals surface area contributed by atoms with Crippen molar-refractivity contribution < 1.29 is 48.6 Å². The van der Waals surface area contributed by atoms with Crippen molar-refractivity contribution in [3.63, 3.8) is 0 Å². The van der Waals surface area contributed by atoms with Crippen molar-refractivity contribution in [3.8, 4) is 0 Å². The second kappa shape index (κ2) is 19.5. The largest absolute Gasteiger partial charge is 0.481 e. The number of carbonyl (C=O) groups is 2. The molecule has 0 saturated carbocycles. The molecule has 0 amide bonds. The molecule has 0 bridgehead atoms. The molecule has 4 N–H and O–H groups in total. The Morgan fingerprint density at radius 2 is 1.61 bits per heavy atom. The number of hydrogen-bond acceptors (Lipinski definition) is 11. The zero-order chi connectivity index (χ0) is 43.7. The second-order valence-electron chi connectivity index (χ2n) is 20.1. The summed E-state index contributed by atoms with van der Waals surface area (Å²) in [6.45, 7) is 21.8. The van der Waals surface area contributed by atoms with Gasteiger partial charge in [0.05, 0.1) is 59.8 Å². The molecule has 12 heteroatoms. The monoisotopic (exact) mass is 835 g/mol. The van der Waals surface area contributed by atoms with Crippen LogP contribution in [0.15, 0.2) is 12.2 Å². The standard InChI is InChI=1S/C47H82N2O10/c1-13-34(43(52)53)36-18-17-28(4)41(56-36)32(8)39(50)31(7)40(51)35(14-2)42-29(5)27-30(6)46(57-42)22-19-37(48-25-16-26-49(11)12)47(59-46)24-23-44(10,58-47)38-20-21-45(54,15-3)33(9)55-38/h19,22,28-39,41-42,48,50,54H,13-18,20-21,23-27H2,1-12H3,(H,52,53)/t28-,29-,30+,31-,32-,33-,34+,35-,36+,37+,38+,39+,41+,42-,44-,45+,46?,47-/m0/s1. The van der Waals surface area contributed by atoms with Gasteiger partial charge in [-0.2, -0.15) is 0 Å². The van der Waals surface area contributed by atoms with E-state index in [4.69, 9.17) is 23.7 Å². The Hall–Kier alpha value is -1.48. The quantitative estimate of drug-likeness (QED) is 0.0907. The van der Waals surface area contributed by atoms with Crippen LogP contribution in [0.3, 0.4) is 0 Å². The Morgan fingerprint density at radius 1 is 0.915 bits per heavy atom. The fraction of sp³-hybridized carbons (Fsp3) is 0.915. The fourth-order valence-electron chi connectivity index (χ4n) is 11.4. The zero-order valence-corrected chi connectivity index (χ0v) is 38.6. The predicted molar refractivity (Wildman–Crippen MR) is 228 cm³/mol. The number of rotatable bonds is 17. The second-order valence-corrected chi connectivity index (χ2v) is 20.1. The summed E-state index contributed by atoms with van der Waals surface area (Å²) in [5, 5.41) is 36.7. The van der Waals surface area contributed by atoms with Crippen molar-refractivity contribution in [2.24, 2.45) is 41.4 Å². The number of nitrogens with zero attached hydrogens (tertiary/aromatic N) is 1. The molecule has 59 heavy (non-hydrogen) atoms. The Morgan fingerprint density at radius 3 is 2.22 bits per heavy atom. The molecular formula is C47H82N2O10. The summed E-state index contributed by atoms with van der Waals surface area (Å²) >= 11 is 0. The lowest BCUT2D eigenvalue weighted by Crippen LogP contribution is -2.65. The smallest absolute Gasteiger partial charge is 0.309 e. The molecule has 5 aliphatic rings. The lowest BCUT2D eigenvalue weighted by Gasteiger charge is -2.55. The van der Waals surface area contributed by atoms with Crippen LogP contribution in [0.5, 0.6) is 0 Å². The maximum atomic E-state index is 14.7. The van der Waals surface area contributed by atoms with Gasteiger partial charge < -0.3 is 49.2 Å². The van der Waals surface area contributed by atoms with E-state index in [1.165, 1.54) is 0 Å². The van der Waals surface area contributed by atoms with Gasteiger partial charge in [-0.1, -0.05) is 61.5 Å². The van der Waals surface area contributed by atoms with Crippen molar-refractivity contribution in [2.45, 2.75) is 205 Å². The normalized spacial score (nSPS) is 42.8. The van der Waals surface area contributed by atoms with Gasteiger partial charge in [0.15, 0.2) is 11.6 Å². The summed E-state index contributed by atoms with van der Waals surface area (Å²) in [6.07, 6.45) is 9.00. The molecule has 0 aromatic heterocycles. The highest BCUT2D eigenvalue weighted by atomic mass is 16.8. The van der Waals surface area contributed by atoms with Crippen LogP contribution in [0.2, 0.25) is 0 Å². The molecule has 0 aromatic carbocycles. The third kappa shape index (κ3) is 10.0. The maximum Gasteiger partial charge on any atom is 0.309 e. The Balaban J connectivity index is 1.37. The molecule has 340 valence electrons. The van der Waals surface area contributed by atoms with Crippen LogP contribution in [-0.4, -0.2) is 125 Å². The summed E-state index contributed by atoms with van der Waals surface area (Å²) in [5.74, 6) is -5.11. The van der Waals surface area contributed by atoms with Crippen molar-refractivity contribution in [1.29, 1.82) is 0 Å². The molecule has 4 saturated heterocycles. The Labute approximate surface area is 355 Å².